The van der Waals surface area contributed by atoms with E-state index in [4.69, 9.17) is 4.74 Å². The smallest absolute Gasteiger partial charge is 0.159 e. The summed E-state index contributed by atoms with van der Waals surface area (Å²) >= 11 is 0. The summed E-state index contributed by atoms with van der Waals surface area (Å²) in [7, 11) is 4.36. The molecular formula is C21H28N2O3. The van der Waals surface area contributed by atoms with Crippen LogP contribution in [0, 0.1) is 17.8 Å². The minimum atomic E-state index is -0.736. The quantitative estimate of drug-likeness (QED) is 0.821. The van der Waals surface area contributed by atoms with Crippen molar-refractivity contribution in [3.05, 3.63) is 35.5 Å². The lowest BCUT2D eigenvalue weighted by Crippen LogP contribution is -2.61. The number of ether oxygens (including phenoxy) is 1. The molecule has 5 rings (SSSR count). The second kappa shape index (κ2) is 5.80. The Morgan fingerprint density at radius 3 is 2.77 bits per heavy atom. The molecule has 2 saturated heterocycles. The molecular weight excluding hydrogens is 328 g/mol. The van der Waals surface area contributed by atoms with Crippen LogP contribution in [0.15, 0.2) is 24.3 Å². The Kier molecular flexibility index (Phi) is 3.73. The fraction of sp³-hybridized carbons (Fsp3) is 0.619. The number of hydrogen-bond donors (Lipinski definition) is 2. The number of aromatic nitrogens is 1. The average Bonchev–Trinajstić information content (AvgIpc) is 2.88. The van der Waals surface area contributed by atoms with Crippen LogP contribution in [0.3, 0.4) is 0 Å². The van der Waals surface area contributed by atoms with Crippen molar-refractivity contribution in [3.8, 4) is 0 Å². The lowest BCUT2D eigenvalue weighted by atomic mass is 9.64. The molecule has 5 heteroatoms. The van der Waals surface area contributed by atoms with Crippen LogP contribution in [0.25, 0.3) is 10.9 Å². The molecule has 3 aliphatic heterocycles. The molecule has 0 amide bonds. The third kappa shape index (κ3) is 2.12. The van der Waals surface area contributed by atoms with Crippen LogP contribution in [-0.2, 0) is 18.2 Å². The van der Waals surface area contributed by atoms with Gasteiger partial charge in [0.2, 0.25) is 0 Å². The van der Waals surface area contributed by atoms with Crippen molar-refractivity contribution in [1.82, 2.24) is 9.47 Å². The van der Waals surface area contributed by atoms with Crippen molar-refractivity contribution in [3.63, 3.8) is 0 Å². The monoisotopic (exact) mass is 356 g/mol. The summed E-state index contributed by atoms with van der Waals surface area (Å²) in [5.74, 6) is 0.436. The minimum Gasteiger partial charge on any atom is -0.393 e. The first kappa shape index (κ1) is 16.8. The third-order valence-electron chi connectivity index (χ3n) is 7.40. The summed E-state index contributed by atoms with van der Waals surface area (Å²) in [6.07, 6.45) is 0.744. The van der Waals surface area contributed by atoms with Gasteiger partial charge in [-0.2, -0.15) is 0 Å². The Balaban J connectivity index is 1.66. The Morgan fingerprint density at radius 1 is 1.23 bits per heavy atom. The van der Waals surface area contributed by atoms with E-state index in [-0.39, 0.29) is 23.8 Å². The fourth-order valence-corrected chi connectivity index (χ4v) is 6.10. The van der Waals surface area contributed by atoms with Crippen molar-refractivity contribution in [2.75, 3.05) is 13.7 Å². The van der Waals surface area contributed by atoms with Gasteiger partial charge in [0.15, 0.2) is 6.29 Å². The van der Waals surface area contributed by atoms with Gasteiger partial charge in [-0.1, -0.05) is 18.2 Å². The highest BCUT2D eigenvalue weighted by Crippen LogP contribution is 2.52. The largest absolute Gasteiger partial charge is 0.393 e. The average molecular weight is 356 g/mol. The SMILES string of the molecule is C[C@H](O)[C@@H]1CO[C@@H](O)[C@H]2[C@H]1C[C@H]1c3c(c4ccccc4n3C)C[C@@H]2N1C. The number of hydrogen-bond acceptors (Lipinski definition) is 4. The molecule has 2 bridgehead atoms. The number of piperidine rings is 1. The second-order valence-electron chi connectivity index (χ2n) is 8.50. The maximum absolute atomic E-state index is 10.7. The second-order valence-corrected chi connectivity index (χ2v) is 8.50. The Bertz CT molecular complexity index is 845. The van der Waals surface area contributed by atoms with Crippen LogP contribution < -0.4 is 0 Å². The number of likely N-dealkylation sites (N-methyl/N-ethyl adjacent to an activating group) is 1. The van der Waals surface area contributed by atoms with E-state index in [0.717, 1.165) is 12.8 Å². The topological polar surface area (TPSA) is 57.9 Å². The van der Waals surface area contributed by atoms with E-state index < -0.39 is 12.4 Å². The standard InChI is InChI=1S/C21H28N2O3/c1-11(24)15-10-26-21(25)19-13(15)8-18-20-14(9-17(19)22(18)2)12-6-4-5-7-16(12)23(20)3/h4-7,11,13,15,17-19,21,24-25H,8-10H2,1-3H3/t11-,13-,15-,17-,18-,19-,21+/m0/s1. The van der Waals surface area contributed by atoms with Gasteiger partial charge in [0.25, 0.3) is 0 Å². The molecule has 1 aromatic heterocycles. The number of nitrogens with zero attached hydrogens (tertiary/aromatic N) is 2. The Labute approximate surface area is 154 Å². The molecule has 0 spiro atoms. The third-order valence-corrected chi connectivity index (χ3v) is 7.40. The highest BCUT2D eigenvalue weighted by Gasteiger charge is 2.54. The first-order valence-corrected chi connectivity index (χ1v) is 9.75. The van der Waals surface area contributed by atoms with Gasteiger partial charge in [-0.25, -0.2) is 0 Å². The van der Waals surface area contributed by atoms with Crippen LogP contribution >= 0.6 is 0 Å². The molecule has 7 atom stereocenters. The molecule has 0 aliphatic carbocycles. The first-order chi connectivity index (χ1) is 12.5. The molecule has 0 unspecified atom stereocenters. The summed E-state index contributed by atoms with van der Waals surface area (Å²) < 4.78 is 8.06. The molecule has 2 aromatic rings. The zero-order valence-electron chi connectivity index (χ0n) is 15.7. The molecule has 0 saturated carbocycles. The van der Waals surface area contributed by atoms with E-state index in [2.05, 4.69) is 47.8 Å². The molecule has 4 heterocycles. The van der Waals surface area contributed by atoms with Gasteiger partial charge in [0.05, 0.1) is 18.8 Å². The predicted molar refractivity (Wildman–Crippen MR) is 99.6 cm³/mol. The molecule has 26 heavy (non-hydrogen) atoms. The van der Waals surface area contributed by atoms with Gasteiger partial charge < -0.3 is 19.5 Å². The Morgan fingerprint density at radius 2 is 2.00 bits per heavy atom. The lowest BCUT2D eigenvalue weighted by molar-refractivity contribution is -0.242. The van der Waals surface area contributed by atoms with Gasteiger partial charge >= 0.3 is 0 Å². The van der Waals surface area contributed by atoms with Crippen LogP contribution in [0.1, 0.15) is 30.6 Å². The minimum absolute atomic E-state index is 0.0525. The van der Waals surface area contributed by atoms with E-state index in [9.17, 15) is 10.2 Å². The van der Waals surface area contributed by atoms with Gasteiger partial charge in [-0.3, -0.25) is 4.90 Å². The van der Waals surface area contributed by atoms with Crippen LogP contribution in [0.4, 0.5) is 0 Å². The number of para-hydroxylation sites is 1. The first-order valence-electron chi connectivity index (χ1n) is 9.75. The number of aryl methyl sites for hydroxylation is 1. The number of aliphatic hydroxyl groups excluding tert-OH is 2. The summed E-state index contributed by atoms with van der Waals surface area (Å²) in [4.78, 5) is 2.44. The van der Waals surface area contributed by atoms with Crippen LogP contribution in [0.5, 0.6) is 0 Å². The predicted octanol–water partition coefficient (Wildman–Crippen LogP) is 2.06. The summed E-state index contributed by atoms with van der Waals surface area (Å²) in [5, 5.41) is 22.3. The van der Waals surface area contributed by atoms with E-state index in [0.29, 0.717) is 12.6 Å². The van der Waals surface area contributed by atoms with Gasteiger partial charge in [0.1, 0.15) is 0 Å². The van der Waals surface area contributed by atoms with Crippen LogP contribution in [-0.4, -0.2) is 51.8 Å². The molecule has 5 nitrogen and oxygen atoms in total. The van der Waals surface area contributed by atoms with Gasteiger partial charge in [0, 0.05) is 41.5 Å². The Hall–Kier alpha value is -1.40. The fourth-order valence-electron chi connectivity index (χ4n) is 6.10. The van der Waals surface area contributed by atoms with Crippen molar-refractivity contribution in [2.24, 2.45) is 24.8 Å². The van der Waals surface area contributed by atoms with Crippen molar-refractivity contribution < 1.29 is 14.9 Å². The molecule has 1 aromatic carbocycles. The van der Waals surface area contributed by atoms with Gasteiger partial charge in [-0.15, -0.1) is 0 Å². The number of fused-ring (bicyclic) bond motifs is 8. The maximum atomic E-state index is 10.7. The number of benzene rings is 1. The molecule has 2 fully saturated rings. The number of rotatable bonds is 1. The molecule has 2 N–H and O–H groups in total. The highest BCUT2D eigenvalue weighted by molar-refractivity contribution is 5.86. The highest BCUT2D eigenvalue weighted by atomic mass is 16.6. The molecule has 140 valence electrons. The summed E-state index contributed by atoms with van der Waals surface area (Å²) in [6, 6.07) is 9.20. The van der Waals surface area contributed by atoms with Crippen molar-refractivity contribution in [2.45, 2.75) is 44.2 Å². The van der Waals surface area contributed by atoms with Crippen molar-refractivity contribution >= 4 is 10.9 Å². The summed E-state index contributed by atoms with van der Waals surface area (Å²) in [5.41, 5.74) is 4.13. The van der Waals surface area contributed by atoms with E-state index in [1.54, 1.807) is 0 Å². The van der Waals surface area contributed by atoms with Gasteiger partial charge in [-0.05, 0) is 44.4 Å². The summed E-state index contributed by atoms with van der Waals surface area (Å²) in [6.45, 7) is 2.31. The van der Waals surface area contributed by atoms with E-state index >= 15 is 0 Å². The van der Waals surface area contributed by atoms with Crippen LogP contribution in [0.2, 0.25) is 0 Å². The molecule has 0 radical (unpaired) electrons. The zero-order chi connectivity index (χ0) is 18.2. The van der Waals surface area contributed by atoms with E-state index in [1.165, 1.54) is 22.2 Å². The molecule has 3 aliphatic rings. The van der Waals surface area contributed by atoms with Crippen molar-refractivity contribution in [1.29, 1.82) is 0 Å². The zero-order valence-corrected chi connectivity index (χ0v) is 15.7. The maximum Gasteiger partial charge on any atom is 0.159 e. The normalized spacial score (nSPS) is 38.0. The van der Waals surface area contributed by atoms with E-state index in [1.807, 2.05) is 6.92 Å². The number of aliphatic hydroxyl groups is 2. The lowest BCUT2D eigenvalue weighted by Gasteiger charge is -2.56.